The third kappa shape index (κ3) is 2.13. The third-order valence-corrected chi connectivity index (χ3v) is 4.49. The number of alkyl halides is 3. The minimum Gasteiger partial charge on any atom is -0.460 e. The fraction of sp³-hybridized carbons (Fsp3) is 0.375. The van der Waals surface area contributed by atoms with Crippen LogP contribution in [0.5, 0.6) is 0 Å². The number of amides is 2. The molecule has 3 heterocycles. The maximum atomic E-state index is 13.1. The van der Waals surface area contributed by atoms with Gasteiger partial charge in [0.2, 0.25) is 12.0 Å². The van der Waals surface area contributed by atoms with E-state index in [0.717, 1.165) is 11.0 Å². The second-order valence-electron chi connectivity index (χ2n) is 5.85. The summed E-state index contributed by atoms with van der Waals surface area (Å²) in [4.78, 5) is 26.0. The maximum Gasteiger partial charge on any atom is 0.448 e. The third-order valence-electron chi connectivity index (χ3n) is 4.49. The van der Waals surface area contributed by atoms with Crippen LogP contribution in [0.4, 0.5) is 13.2 Å². The Balaban J connectivity index is 1.77. The number of allylic oxidation sites excluding steroid dienone is 1. The van der Waals surface area contributed by atoms with Crippen molar-refractivity contribution in [3.05, 3.63) is 47.2 Å². The number of ether oxygens (including phenoxy) is 2. The Hall–Kier alpha value is -2.35. The van der Waals surface area contributed by atoms with Gasteiger partial charge < -0.3 is 9.47 Å². The molecule has 1 aromatic rings. The van der Waals surface area contributed by atoms with Crippen molar-refractivity contribution in [2.45, 2.75) is 24.9 Å². The van der Waals surface area contributed by atoms with Crippen molar-refractivity contribution in [2.75, 3.05) is 6.61 Å². The first-order chi connectivity index (χ1) is 11.4. The monoisotopic (exact) mass is 339 g/mol. The predicted octanol–water partition coefficient (Wildman–Crippen LogP) is 2.49. The highest BCUT2D eigenvalue weighted by Gasteiger charge is 2.52. The van der Waals surface area contributed by atoms with E-state index in [1.54, 1.807) is 12.1 Å². The smallest absolute Gasteiger partial charge is 0.448 e. The Kier molecular flexibility index (Phi) is 3.21. The van der Waals surface area contributed by atoms with Crippen LogP contribution in [0.15, 0.2) is 36.1 Å². The van der Waals surface area contributed by atoms with Crippen LogP contribution in [0.3, 0.4) is 0 Å². The molecule has 3 aliphatic rings. The van der Waals surface area contributed by atoms with Crippen LogP contribution in [0.2, 0.25) is 0 Å². The fourth-order valence-corrected chi connectivity index (χ4v) is 3.38. The molecule has 8 heteroatoms. The molecule has 0 spiro atoms. The van der Waals surface area contributed by atoms with Gasteiger partial charge in [-0.3, -0.25) is 14.5 Å². The van der Waals surface area contributed by atoms with E-state index in [-0.39, 0.29) is 17.7 Å². The summed E-state index contributed by atoms with van der Waals surface area (Å²) in [5.41, 5.74) is 0.401. The number of hydrogen-bond acceptors (Lipinski definition) is 4. The number of rotatable bonds is 1. The molecule has 0 N–H and O–H groups in total. The van der Waals surface area contributed by atoms with Crippen molar-refractivity contribution in [3.8, 4) is 0 Å². The second-order valence-corrected chi connectivity index (χ2v) is 5.85. The molecule has 1 saturated heterocycles. The lowest BCUT2D eigenvalue weighted by molar-refractivity contribution is -0.192. The largest absolute Gasteiger partial charge is 0.460 e. The van der Waals surface area contributed by atoms with Crippen molar-refractivity contribution in [1.29, 1.82) is 0 Å². The van der Waals surface area contributed by atoms with Gasteiger partial charge in [-0.25, -0.2) is 0 Å². The zero-order valence-corrected chi connectivity index (χ0v) is 12.2. The highest BCUT2D eigenvalue weighted by atomic mass is 19.4. The van der Waals surface area contributed by atoms with E-state index in [0.29, 0.717) is 6.42 Å². The first kappa shape index (κ1) is 15.2. The summed E-state index contributed by atoms with van der Waals surface area (Å²) in [7, 11) is 0. The van der Waals surface area contributed by atoms with Crippen LogP contribution in [0, 0.1) is 5.92 Å². The minimum absolute atomic E-state index is 0.200. The first-order valence-corrected chi connectivity index (χ1v) is 7.42. The first-order valence-electron chi connectivity index (χ1n) is 7.42. The molecule has 1 aromatic carbocycles. The minimum atomic E-state index is -4.71. The van der Waals surface area contributed by atoms with Crippen LogP contribution in [0.25, 0.3) is 0 Å². The average molecular weight is 339 g/mol. The van der Waals surface area contributed by atoms with Crippen LogP contribution >= 0.6 is 0 Å². The Morgan fingerprint density at radius 2 is 1.71 bits per heavy atom. The molecule has 3 atom stereocenters. The van der Waals surface area contributed by atoms with Crippen molar-refractivity contribution < 1.29 is 32.2 Å². The average Bonchev–Trinajstić information content (AvgIpc) is 3.10. The normalized spacial score (nSPS) is 29.2. The van der Waals surface area contributed by atoms with Gasteiger partial charge in [-0.15, -0.1) is 0 Å². The number of imide groups is 1. The van der Waals surface area contributed by atoms with Gasteiger partial charge in [0, 0.05) is 5.92 Å². The van der Waals surface area contributed by atoms with Gasteiger partial charge in [0.05, 0.1) is 23.8 Å². The quantitative estimate of drug-likeness (QED) is 0.738. The van der Waals surface area contributed by atoms with Gasteiger partial charge in [-0.05, 0) is 24.6 Å². The number of halogens is 3. The Bertz CT molecular complexity index is 723. The van der Waals surface area contributed by atoms with Crippen LogP contribution in [-0.2, 0) is 9.47 Å². The zero-order chi connectivity index (χ0) is 17.1. The Morgan fingerprint density at radius 1 is 1.08 bits per heavy atom. The van der Waals surface area contributed by atoms with E-state index < -0.39 is 42.0 Å². The van der Waals surface area contributed by atoms with E-state index in [2.05, 4.69) is 0 Å². The maximum absolute atomic E-state index is 13.1. The van der Waals surface area contributed by atoms with Crippen molar-refractivity contribution in [1.82, 2.24) is 4.90 Å². The lowest BCUT2D eigenvalue weighted by atomic mass is 9.93. The van der Waals surface area contributed by atoms with Gasteiger partial charge >= 0.3 is 6.18 Å². The van der Waals surface area contributed by atoms with Crippen LogP contribution in [-0.4, -0.2) is 41.8 Å². The van der Waals surface area contributed by atoms with Crippen molar-refractivity contribution >= 4 is 11.8 Å². The van der Waals surface area contributed by atoms with E-state index in [1.807, 2.05) is 0 Å². The number of carbonyl (C=O) groups excluding carboxylic acids is 2. The Morgan fingerprint density at radius 3 is 2.29 bits per heavy atom. The topological polar surface area (TPSA) is 55.8 Å². The number of hydrogen-bond donors (Lipinski definition) is 0. The summed E-state index contributed by atoms with van der Waals surface area (Å²) in [6.07, 6.45) is -4.60. The summed E-state index contributed by atoms with van der Waals surface area (Å²) in [5.74, 6) is -2.93. The summed E-state index contributed by atoms with van der Waals surface area (Å²) in [6.45, 7) is 0.216. The highest BCUT2D eigenvalue weighted by Crippen LogP contribution is 2.41. The summed E-state index contributed by atoms with van der Waals surface area (Å²) < 4.78 is 49.3. The molecule has 3 aliphatic heterocycles. The van der Waals surface area contributed by atoms with Gasteiger partial charge in [0.1, 0.15) is 0 Å². The molecule has 0 aliphatic carbocycles. The standard InChI is InChI=1S/C16H12F3NO4/c17-16(18,19)12-7-11(10-5-6-23-15(10)24-12)20-13(21)8-3-1-2-4-9(8)14(20)22/h1-4,7,10-11,15H,5-6H2/t10-,11-,15+/m1/s1. The zero-order valence-electron chi connectivity index (χ0n) is 12.2. The fourth-order valence-electron chi connectivity index (χ4n) is 3.38. The molecule has 0 unspecified atom stereocenters. The van der Waals surface area contributed by atoms with E-state index in [9.17, 15) is 22.8 Å². The molecule has 5 nitrogen and oxygen atoms in total. The van der Waals surface area contributed by atoms with E-state index >= 15 is 0 Å². The summed E-state index contributed by atoms with van der Waals surface area (Å²) >= 11 is 0. The molecule has 0 bridgehead atoms. The molecular formula is C16H12F3NO4. The predicted molar refractivity (Wildman–Crippen MR) is 73.8 cm³/mol. The van der Waals surface area contributed by atoms with Gasteiger partial charge in [0.25, 0.3) is 11.8 Å². The Labute approximate surface area is 134 Å². The van der Waals surface area contributed by atoms with E-state index in [4.69, 9.17) is 9.47 Å². The van der Waals surface area contributed by atoms with Gasteiger partial charge in [-0.1, -0.05) is 12.1 Å². The molecule has 1 fully saturated rings. The lowest BCUT2D eigenvalue weighted by Crippen LogP contribution is -2.49. The number of nitrogens with zero attached hydrogens (tertiary/aromatic N) is 1. The van der Waals surface area contributed by atoms with Gasteiger partial charge in [0.15, 0.2) is 0 Å². The summed E-state index contributed by atoms with van der Waals surface area (Å²) in [6, 6.07) is 5.15. The number of benzene rings is 1. The second kappa shape index (κ2) is 5.07. The van der Waals surface area contributed by atoms with Crippen LogP contribution in [0.1, 0.15) is 27.1 Å². The molecule has 2 amide bonds. The molecule has 0 saturated carbocycles. The SMILES string of the molecule is O=C1c2ccccc2C(=O)N1[C@@H]1C=C(C(F)(F)F)O[C@@H]2OCC[C@@H]21. The lowest BCUT2D eigenvalue weighted by Gasteiger charge is -2.36. The van der Waals surface area contributed by atoms with Crippen molar-refractivity contribution in [2.24, 2.45) is 5.92 Å². The highest BCUT2D eigenvalue weighted by molar-refractivity contribution is 6.21. The number of fused-ring (bicyclic) bond motifs is 2. The molecule has 0 radical (unpaired) electrons. The molecule has 24 heavy (non-hydrogen) atoms. The molecular weight excluding hydrogens is 327 g/mol. The molecule has 126 valence electrons. The van der Waals surface area contributed by atoms with E-state index in [1.165, 1.54) is 12.1 Å². The summed E-state index contributed by atoms with van der Waals surface area (Å²) in [5, 5.41) is 0. The molecule has 4 rings (SSSR count). The molecule has 0 aromatic heterocycles. The van der Waals surface area contributed by atoms with Crippen molar-refractivity contribution in [3.63, 3.8) is 0 Å². The van der Waals surface area contributed by atoms with Gasteiger partial charge in [-0.2, -0.15) is 13.2 Å². The number of carbonyl (C=O) groups is 2. The van der Waals surface area contributed by atoms with Crippen LogP contribution < -0.4 is 0 Å².